The summed E-state index contributed by atoms with van der Waals surface area (Å²) in [6.45, 7) is 2.62. The highest BCUT2D eigenvalue weighted by Gasteiger charge is 2.66. The standard InChI is InChI=1S/C32H32N2O6/c1-20(39-17-21-9-3-2-4-10-21)28(29(35)34-16-22-15-32(22,19-34)30(36)37)33-31(38)40-18-27-25-13-7-5-11-23(25)24-12-6-8-14-26(24)27/h2-14,20,22,27-28H,15-19H2,1H3,(H,33,38)(H,36,37). The van der Waals surface area contributed by atoms with Crippen LogP contribution in [0.25, 0.3) is 11.1 Å². The number of ether oxygens (including phenoxy) is 2. The number of hydrogen-bond acceptors (Lipinski definition) is 5. The summed E-state index contributed by atoms with van der Waals surface area (Å²) >= 11 is 0. The number of aliphatic carboxylic acids is 1. The van der Waals surface area contributed by atoms with E-state index in [1.54, 1.807) is 11.8 Å². The van der Waals surface area contributed by atoms with Gasteiger partial charge in [0, 0.05) is 19.0 Å². The number of amides is 2. The van der Waals surface area contributed by atoms with Gasteiger partial charge in [0.25, 0.3) is 0 Å². The summed E-state index contributed by atoms with van der Waals surface area (Å²) < 4.78 is 11.7. The van der Waals surface area contributed by atoms with Crippen molar-refractivity contribution in [2.45, 2.75) is 38.0 Å². The molecule has 0 radical (unpaired) electrons. The highest BCUT2D eigenvalue weighted by molar-refractivity contribution is 5.89. The second-order valence-corrected chi connectivity index (χ2v) is 11.0. The van der Waals surface area contributed by atoms with Crippen LogP contribution in [0, 0.1) is 11.3 Å². The normalized spacial score (nSPS) is 22.0. The van der Waals surface area contributed by atoms with Crippen molar-refractivity contribution in [3.63, 3.8) is 0 Å². The number of piperidine rings is 1. The Morgan fingerprint density at radius 3 is 2.23 bits per heavy atom. The molecule has 3 aromatic carbocycles. The van der Waals surface area contributed by atoms with Crippen LogP contribution < -0.4 is 5.32 Å². The van der Waals surface area contributed by atoms with Crippen LogP contribution >= 0.6 is 0 Å². The summed E-state index contributed by atoms with van der Waals surface area (Å²) in [4.78, 5) is 40.1. The molecule has 1 aliphatic heterocycles. The van der Waals surface area contributed by atoms with Crippen LogP contribution in [-0.4, -0.2) is 59.8 Å². The maximum atomic E-state index is 13.6. The lowest BCUT2D eigenvalue weighted by molar-refractivity contribution is -0.144. The Morgan fingerprint density at radius 2 is 1.60 bits per heavy atom. The molecule has 1 saturated carbocycles. The first kappa shape index (κ1) is 26.1. The Bertz CT molecular complexity index is 1400. The predicted octanol–water partition coefficient (Wildman–Crippen LogP) is 4.43. The molecule has 0 spiro atoms. The van der Waals surface area contributed by atoms with Gasteiger partial charge in [-0.25, -0.2) is 4.79 Å². The molecule has 6 rings (SSSR count). The van der Waals surface area contributed by atoms with Crippen molar-refractivity contribution in [2.75, 3.05) is 19.7 Å². The molecule has 8 nitrogen and oxygen atoms in total. The zero-order valence-corrected chi connectivity index (χ0v) is 22.3. The van der Waals surface area contributed by atoms with Gasteiger partial charge in [0.15, 0.2) is 0 Å². The van der Waals surface area contributed by atoms with Crippen LogP contribution in [0.3, 0.4) is 0 Å². The summed E-state index contributed by atoms with van der Waals surface area (Å²) in [7, 11) is 0. The molecule has 2 N–H and O–H groups in total. The van der Waals surface area contributed by atoms with Gasteiger partial charge in [-0.15, -0.1) is 0 Å². The third kappa shape index (κ3) is 4.73. The number of nitrogens with one attached hydrogen (secondary N) is 1. The molecule has 40 heavy (non-hydrogen) atoms. The summed E-state index contributed by atoms with van der Waals surface area (Å²) in [5.74, 6) is -1.39. The number of hydrogen-bond donors (Lipinski definition) is 2. The number of benzene rings is 3. The van der Waals surface area contributed by atoms with Gasteiger partial charge in [-0.3, -0.25) is 9.59 Å². The Morgan fingerprint density at radius 1 is 0.975 bits per heavy atom. The van der Waals surface area contributed by atoms with Crippen LogP contribution in [0.5, 0.6) is 0 Å². The predicted molar refractivity (Wildman–Crippen MR) is 147 cm³/mol. The average Bonchev–Trinajstić information content (AvgIpc) is 3.40. The fourth-order valence-corrected chi connectivity index (χ4v) is 6.22. The van der Waals surface area contributed by atoms with Gasteiger partial charge in [0.2, 0.25) is 5.91 Å². The van der Waals surface area contributed by atoms with Crippen LogP contribution in [0.1, 0.15) is 36.0 Å². The van der Waals surface area contributed by atoms with Crippen molar-refractivity contribution >= 4 is 18.0 Å². The Kier molecular flexibility index (Phi) is 6.80. The number of carboxylic acids is 1. The molecule has 3 aromatic rings. The first-order chi connectivity index (χ1) is 19.4. The average molecular weight is 541 g/mol. The summed E-state index contributed by atoms with van der Waals surface area (Å²) in [5, 5.41) is 12.4. The van der Waals surface area contributed by atoms with Crippen molar-refractivity contribution < 1.29 is 29.0 Å². The topological polar surface area (TPSA) is 105 Å². The number of carbonyl (C=O) groups is 3. The second-order valence-electron chi connectivity index (χ2n) is 11.0. The molecule has 2 amide bonds. The summed E-state index contributed by atoms with van der Waals surface area (Å²) in [5.41, 5.74) is 4.52. The summed E-state index contributed by atoms with van der Waals surface area (Å²) in [6.07, 6.45) is -0.810. The minimum atomic E-state index is -1.03. The lowest BCUT2D eigenvalue weighted by atomic mass is 9.98. The zero-order valence-electron chi connectivity index (χ0n) is 22.3. The Hall–Kier alpha value is -4.17. The second kappa shape index (κ2) is 10.4. The van der Waals surface area contributed by atoms with Gasteiger partial charge in [-0.2, -0.15) is 0 Å². The van der Waals surface area contributed by atoms with Gasteiger partial charge < -0.3 is 24.8 Å². The molecule has 4 atom stereocenters. The Balaban J connectivity index is 1.15. The largest absolute Gasteiger partial charge is 0.481 e. The monoisotopic (exact) mass is 540 g/mol. The number of likely N-dealkylation sites (tertiary alicyclic amines) is 1. The fourth-order valence-electron chi connectivity index (χ4n) is 6.22. The minimum absolute atomic E-state index is 0.0513. The molecule has 1 saturated heterocycles. The van der Waals surface area contributed by atoms with Gasteiger partial charge >= 0.3 is 12.1 Å². The number of rotatable bonds is 9. The molecule has 0 aromatic heterocycles. The number of nitrogens with zero attached hydrogens (tertiary/aromatic N) is 1. The number of fused-ring (bicyclic) bond motifs is 4. The number of alkyl carbamates (subject to hydrolysis) is 1. The lowest BCUT2D eigenvalue weighted by Gasteiger charge is -2.29. The Labute approximate surface area is 232 Å². The van der Waals surface area contributed by atoms with Crippen molar-refractivity contribution in [3.8, 4) is 11.1 Å². The first-order valence-corrected chi connectivity index (χ1v) is 13.7. The van der Waals surface area contributed by atoms with Crippen molar-refractivity contribution in [1.29, 1.82) is 0 Å². The SMILES string of the molecule is CC(OCc1ccccc1)C(NC(=O)OCC1c2ccccc2-c2ccccc21)C(=O)N1CC2CC2(C(=O)O)C1. The molecule has 2 aliphatic carbocycles. The third-order valence-electron chi connectivity index (χ3n) is 8.59. The van der Waals surface area contributed by atoms with Crippen molar-refractivity contribution in [3.05, 3.63) is 95.6 Å². The van der Waals surface area contributed by atoms with E-state index in [4.69, 9.17) is 9.47 Å². The molecule has 0 bridgehead atoms. The van der Waals surface area contributed by atoms with E-state index in [0.29, 0.717) is 13.0 Å². The molecule has 4 unspecified atom stereocenters. The van der Waals surface area contributed by atoms with Crippen LogP contribution in [0.4, 0.5) is 4.79 Å². The van der Waals surface area contributed by atoms with E-state index in [0.717, 1.165) is 27.8 Å². The van der Waals surface area contributed by atoms with Crippen molar-refractivity contribution in [2.24, 2.45) is 11.3 Å². The lowest BCUT2D eigenvalue weighted by Crippen LogP contribution is -2.54. The van der Waals surface area contributed by atoms with E-state index in [-0.39, 0.29) is 37.5 Å². The molecule has 206 valence electrons. The molecule has 2 fully saturated rings. The molecular formula is C32H32N2O6. The smallest absolute Gasteiger partial charge is 0.407 e. The van der Waals surface area contributed by atoms with Gasteiger partial charge in [0.05, 0.1) is 18.1 Å². The fraction of sp³-hybridized carbons (Fsp3) is 0.344. The summed E-state index contributed by atoms with van der Waals surface area (Å²) in [6, 6.07) is 24.7. The highest BCUT2D eigenvalue weighted by atomic mass is 16.5. The van der Waals surface area contributed by atoms with Gasteiger partial charge in [-0.05, 0) is 47.1 Å². The van der Waals surface area contributed by atoms with E-state index in [2.05, 4.69) is 17.4 Å². The molecular weight excluding hydrogens is 508 g/mol. The van der Waals surface area contributed by atoms with Gasteiger partial charge in [0.1, 0.15) is 12.6 Å². The van der Waals surface area contributed by atoms with E-state index in [1.807, 2.05) is 66.7 Å². The van der Waals surface area contributed by atoms with Crippen molar-refractivity contribution in [1.82, 2.24) is 10.2 Å². The molecule has 1 heterocycles. The van der Waals surface area contributed by atoms with E-state index < -0.39 is 29.6 Å². The molecule has 8 heteroatoms. The van der Waals surface area contributed by atoms with E-state index >= 15 is 0 Å². The maximum absolute atomic E-state index is 13.6. The minimum Gasteiger partial charge on any atom is -0.481 e. The van der Waals surface area contributed by atoms with E-state index in [1.165, 1.54) is 0 Å². The van der Waals surface area contributed by atoms with Crippen LogP contribution in [-0.2, 0) is 25.7 Å². The number of carbonyl (C=O) groups excluding carboxylic acids is 2. The molecule has 3 aliphatic rings. The van der Waals surface area contributed by atoms with Crippen LogP contribution in [0.2, 0.25) is 0 Å². The quantitative estimate of drug-likeness (QED) is 0.416. The zero-order chi connectivity index (χ0) is 27.9. The maximum Gasteiger partial charge on any atom is 0.407 e. The van der Waals surface area contributed by atoms with Crippen LogP contribution in [0.15, 0.2) is 78.9 Å². The number of carboxylic acid groups (broad SMARTS) is 1. The van der Waals surface area contributed by atoms with Gasteiger partial charge in [-0.1, -0.05) is 78.9 Å². The first-order valence-electron chi connectivity index (χ1n) is 13.7. The van der Waals surface area contributed by atoms with E-state index in [9.17, 15) is 19.5 Å². The highest BCUT2D eigenvalue weighted by Crippen LogP contribution is 2.58. The third-order valence-corrected chi connectivity index (χ3v) is 8.59.